The Hall–Kier alpha value is -3.50. The predicted molar refractivity (Wildman–Crippen MR) is 103 cm³/mol. The first-order valence-electron chi connectivity index (χ1n) is 8.42. The fourth-order valence-electron chi connectivity index (χ4n) is 2.36. The van der Waals surface area contributed by atoms with Crippen molar-refractivity contribution < 1.29 is 14.4 Å². The van der Waals surface area contributed by atoms with Gasteiger partial charge in [-0.25, -0.2) is 9.89 Å². The van der Waals surface area contributed by atoms with E-state index in [1.807, 2.05) is 20.8 Å². The van der Waals surface area contributed by atoms with Crippen LogP contribution < -0.4 is 20.6 Å². The molecule has 0 radical (unpaired) electrons. The Morgan fingerprint density at radius 3 is 2.68 bits per heavy atom. The van der Waals surface area contributed by atoms with Crippen LogP contribution in [-0.2, 0) is 5.41 Å². The second kappa shape index (κ2) is 8.46. The molecule has 0 atom stereocenters. The van der Waals surface area contributed by atoms with Crippen molar-refractivity contribution >= 4 is 17.7 Å². The SMILES string of the molecule is CCOc1c(OC)cc(/C=N/Nc2nc(=O)[nH]nc2C(C)(C)C)cc1[N+](=O)[O-]. The van der Waals surface area contributed by atoms with Crippen molar-refractivity contribution in [2.75, 3.05) is 19.1 Å². The largest absolute Gasteiger partial charge is 0.493 e. The second-order valence-electron chi connectivity index (χ2n) is 6.72. The van der Waals surface area contributed by atoms with Crippen LogP contribution in [0.5, 0.6) is 11.5 Å². The lowest BCUT2D eigenvalue weighted by atomic mass is 9.92. The number of aromatic nitrogens is 3. The molecular weight excluding hydrogens is 368 g/mol. The van der Waals surface area contributed by atoms with Gasteiger partial charge in [-0.15, -0.1) is 0 Å². The van der Waals surface area contributed by atoms with Crippen molar-refractivity contribution in [1.29, 1.82) is 0 Å². The maximum Gasteiger partial charge on any atom is 0.363 e. The van der Waals surface area contributed by atoms with E-state index in [1.54, 1.807) is 13.0 Å². The molecule has 2 rings (SSSR count). The molecule has 0 unspecified atom stereocenters. The highest BCUT2D eigenvalue weighted by Crippen LogP contribution is 2.38. The summed E-state index contributed by atoms with van der Waals surface area (Å²) in [6.07, 6.45) is 1.35. The van der Waals surface area contributed by atoms with Gasteiger partial charge in [0.15, 0.2) is 11.6 Å². The molecule has 28 heavy (non-hydrogen) atoms. The molecule has 2 aromatic rings. The van der Waals surface area contributed by atoms with Crippen LogP contribution in [0.15, 0.2) is 22.0 Å². The summed E-state index contributed by atoms with van der Waals surface area (Å²) in [5, 5.41) is 21.7. The minimum absolute atomic E-state index is 0.0515. The number of benzene rings is 1. The normalized spacial score (nSPS) is 11.5. The molecule has 150 valence electrons. The summed E-state index contributed by atoms with van der Waals surface area (Å²) in [5.41, 5.74) is 2.32. The van der Waals surface area contributed by atoms with Crippen LogP contribution in [0.1, 0.15) is 39.0 Å². The monoisotopic (exact) mass is 390 g/mol. The van der Waals surface area contributed by atoms with E-state index in [1.165, 1.54) is 19.4 Å². The van der Waals surface area contributed by atoms with Crippen molar-refractivity contribution in [3.63, 3.8) is 0 Å². The van der Waals surface area contributed by atoms with Gasteiger partial charge in [0.05, 0.1) is 24.9 Å². The summed E-state index contributed by atoms with van der Waals surface area (Å²) >= 11 is 0. The average molecular weight is 390 g/mol. The molecule has 0 aliphatic rings. The van der Waals surface area contributed by atoms with E-state index in [0.717, 1.165) is 0 Å². The Kier molecular flexibility index (Phi) is 6.29. The summed E-state index contributed by atoms with van der Waals surface area (Å²) < 4.78 is 10.5. The zero-order chi connectivity index (χ0) is 20.9. The summed E-state index contributed by atoms with van der Waals surface area (Å²) in [5.74, 6) is 0.458. The number of nitro groups is 1. The molecule has 1 heterocycles. The first kappa shape index (κ1) is 20.8. The van der Waals surface area contributed by atoms with E-state index in [-0.39, 0.29) is 29.6 Å². The fourth-order valence-corrected chi connectivity index (χ4v) is 2.36. The first-order valence-corrected chi connectivity index (χ1v) is 8.42. The quantitative estimate of drug-likeness (QED) is 0.416. The van der Waals surface area contributed by atoms with Gasteiger partial charge in [-0.05, 0) is 13.0 Å². The highest BCUT2D eigenvalue weighted by molar-refractivity contribution is 5.83. The second-order valence-corrected chi connectivity index (χ2v) is 6.72. The van der Waals surface area contributed by atoms with E-state index >= 15 is 0 Å². The highest BCUT2D eigenvalue weighted by Gasteiger charge is 2.23. The minimum Gasteiger partial charge on any atom is -0.493 e. The van der Waals surface area contributed by atoms with E-state index < -0.39 is 16.0 Å². The number of nitro benzene ring substituents is 1. The van der Waals surface area contributed by atoms with Crippen molar-refractivity contribution in [2.24, 2.45) is 5.10 Å². The average Bonchev–Trinajstić information content (AvgIpc) is 2.61. The first-order chi connectivity index (χ1) is 13.2. The third kappa shape index (κ3) is 4.81. The zero-order valence-electron chi connectivity index (χ0n) is 16.3. The molecule has 0 aliphatic heterocycles. The Bertz CT molecular complexity index is 948. The molecular formula is C17H22N6O5. The molecule has 1 aromatic carbocycles. The summed E-state index contributed by atoms with van der Waals surface area (Å²) in [4.78, 5) is 26.1. The minimum atomic E-state index is -0.621. The lowest BCUT2D eigenvalue weighted by Gasteiger charge is -2.18. The van der Waals surface area contributed by atoms with Crippen molar-refractivity contribution in [3.8, 4) is 11.5 Å². The molecule has 0 aliphatic carbocycles. The Morgan fingerprint density at radius 1 is 1.39 bits per heavy atom. The number of aromatic amines is 1. The smallest absolute Gasteiger partial charge is 0.363 e. The number of rotatable bonds is 7. The van der Waals surface area contributed by atoms with Gasteiger partial charge in [-0.3, -0.25) is 15.5 Å². The lowest BCUT2D eigenvalue weighted by Crippen LogP contribution is -2.24. The molecule has 0 saturated heterocycles. The van der Waals surface area contributed by atoms with Gasteiger partial charge in [0, 0.05) is 17.0 Å². The number of hydrogen-bond acceptors (Lipinski definition) is 9. The molecule has 0 amide bonds. The van der Waals surface area contributed by atoms with Crippen LogP contribution in [0.2, 0.25) is 0 Å². The molecule has 11 nitrogen and oxygen atoms in total. The molecule has 0 bridgehead atoms. The fraction of sp³-hybridized carbons (Fsp3) is 0.412. The standard InChI is InChI=1S/C17H22N6O5/c1-6-28-13-11(23(25)26)7-10(8-12(13)27-5)9-18-21-15-14(17(2,3)4)20-22-16(24)19-15/h7-9H,6H2,1-5H3,(H2,19,21,22,24)/b18-9+. The van der Waals surface area contributed by atoms with E-state index in [0.29, 0.717) is 11.3 Å². The number of hydrogen-bond donors (Lipinski definition) is 2. The number of anilines is 1. The van der Waals surface area contributed by atoms with Crippen LogP contribution >= 0.6 is 0 Å². The van der Waals surface area contributed by atoms with Crippen molar-refractivity contribution in [2.45, 2.75) is 33.1 Å². The highest BCUT2D eigenvalue weighted by atomic mass is 16.6. The molecule has 0 fully saturated rings. The Balaban J connectivity index is 2.38. The van der Waals surface area contributed by atoms with Gasteiger partial charge >= 0.3 is 11.4 Å². The van der Waals surface area contributed by atoms with Crippen molar-refractivity contribution in [1.82, 2.24) is 15.2 Å². The molecule has 2 N–H and O–H groups in total. The molecule has 0 spiro atoms. The van der Waals surface area contributed by atoms with Crippen LogP contribution in [0.3, 0.4) is 0 Å². The molecule has 11 heteroatoms. The van der Waals surface area contributed by atoms with Gasteiger partial charge in [-0.2, -0.15) is 15.2 Å². The van der Waals surface area contributed by atoms with Gasteiger partial charge < -0.3 is 9.47 Å². The molecule has 0 saturated carbocycles. The zero-order valence-corrected chi connectivity index (χ0v) is 16.3. The van der Waals surface area contributed by atoms with Gasteiger partial charge in [0.2, 0.25) is 5.75 Å². The summed E-state index contributed by atoms with van der Waals surface area (Å²) in [6, 6.07) is 2.87. The number of nitrogens with one attached hydrogen (secondary N) is 2. The Labute approximate surface area is 160 Å². The third-order valence-electron chi connectivity index (χ3n) is 3.56. The van der Waals surface area contributed by atoms with Crippen molar-refractivity contribution in [3.05, 3.63) is 44.0 Å². The number of nitrogens with zero attached hydrogens (tertiary/aromatic N) is 4. The van der Waals surface area contributed by atoms with E-state index in [9.17, 15) is 14.9 Å². The number of H-pyrrole nitrogens is 1. The maximum atomic E-state index is 11.5. The van der Waals surface area contributed by atoms with Gasteiger partial charge in [0.25, 0.3) is 0 Å². The number of methoxy groups -OCH3 is 1. The third-order valence-corrected chi connectivity index (χ3v) is 3.56. The van der Waals surface area contributed by atoms with Crippen LogP contribution in [0.4, 0.5) is 11.5 Å². The summed E-state index contributed by atoms with van der Waals surface area (Å²) in [6.45, 7) is 7.70. The number of ether oxygens (including phenoxy) is 2. The van der Waals surface area contributed by atoms with E-state index in [2.05, 4.69) is 25.7 Å². The number of hydrazone groups is 1. The predicted octanol–water partition coefficient (Wildman–Crippen LogP) is 2.22. The van der Waals surface area contributed by atoms with Crippen LogP contribution in [0.25, 0.3) is 0 Å². The van der Waals surface area contributed by atoms with Crippen LogP contribution in [0, 0.1) is 10.1 Å². The summed E-state index contributed by atoms with van der Waals surface area (Å²) in [7, 11) is 1.39. The van der Waals surface area contributed by atoms with E-state index in [4.69, 9.17) is 9.47 Å². The Morgan fingerprint density at radius 2 is 2.11 bits per heavy atom. The van der Waals surface area contributed by atoms with Gasteiger partial charge in [-0.1, -0.05) is 20.8 Å². The maximum absolute atomic E-state index is 11.5. The topological polar surface area (TPSA) is 145 Å². The molecule has 1 aromatic heterocycles. The lowest BCUT2D eigenvalue weighted by molar-refractivity contribution is -0.385. The van der Waals surface area contributed by atoms with Gasteiger partial charge in [0.1, 0.15) is 5.69 Å². The van der Waals surface area contributed by atoms with Crippen LogP contribution in [-0.4, -0.2) is 40.0 Å².